The fraction of sp³-hybridized carbons (Fsp3) is 0.417. The zero-order valence-electron chi connectivity index (χ0n) is 8.87. The van der Waals surface area contributed by atoms with Gasteiger partial charge in [-0.1, -0.05) is 15.9 Å². The molecule has 1 aromatic carbocycles. The average molecular weight is 281 g/mol. The summed E-state index contributed by atoms with van der Waals surface area (Å²) in [7, 11) is 0. The molecule has 16 heavy (non-hydrogen) atoms. The number of amides is 1. The lowest BCUT2D eigenvalue weighted by atomic mass is 10.1. The van der Waals surface area contributed by atoms with Gasteiger partial charge in [-0.15, -0.1) is 0 Å². The molecule has 1 amide bonds. The Morgan fingerprint density at radius 2 is 1.94 bits per heavy atom. The lowest BCUT2D eigenvalue weighted by molar-refractivity contribution is -0.119. The number of rotatable bonds is 1. The highest BCUT2D eigenvalue weighted by Gasteiger charge is 2.47. The van der Waals surface area contributed by atoms with Crippen molar-refractivity contribution in [2.45, 2.75) is 18.4 Å². The first-order valence-corrected chi connectivity index (χ1v) is 6.29. The van der Waals surface area contributed by atoms with E-state index in [1.54, 1.807) is 0 Å². The number of piperazine rings is 1. The number of hydrogen-bond acceptors (Lipinski definition) is 2. The van der Waals surface area contributed by atoms with Crippen LogP contribution in [0, 0.1) is 0 Å². The van der Waals surface area contributed by atoms with Gasteiger partial charge in [-0.3, -0.25) is 4.79 Å². The SMILES string of the molecule is O=C1CNC2(CC2)CN1c1ccc(Br)cc1. The molecule has 0 unspecified atom stereocenters. The van der Waals surface area contributed by atoms with Gasteiger partial charge >= 0.3 is 0 Å². The molecule has 1 aliphatic carbocycles. The van der Waals surface area contributed by atoms with Crippen molar-refractivity contribution in [2.24, 2.45) is 0 Å². The topological polar surface area (TPSA) is 32.3 Å². The molecule has 1 heterocycles. The summed E-state index contributed by atoms with van der Waals surface area (Å²) in [6.07, 6.45) is 2.38. The zero-order valence-corrected chi connectivity index (χ0v) is 10.5. The second-order valence-corrected chi connectivity index (χ2v) is 5.51. The Morgan fingerprint density at radius 3 is 2.56 bits per heavy atom. The molecule has 0 atom stereocenters. The highest BCUT2D eigenvalue weighted by molar-refractivity contribution is 9.10. The standard InChI is InChI=1S/C12H13BrN2O/c13-9-1-3-10(4-2-9)15-8-12(5-6-12)14-7-11(15)16/h1-4,14H,5-8H2. The van der Waals surface area contributed by atoms with E-state index in [1.807, 2.05) is 29.2 Å². The summed E-state index contributed by atoms with van der Waals surface area (Å²) in [5.41, 5.74) is 1.22. The van der Waals surface area contributed by atoms with Crippen LogP contribution < -0.4 is 10.2 Å². The van der Waals surface area contributed by atoms with Crippen LogP contribution >= 0.6 is 15.9 Å². The third-order valence-corrected chi connectivity index (χ3v) is 3.90. The quantitative estimate of drug-likeness (QED) is 0.853. The molecule has 1 N–H and O–H groups in total. The summed E-state index contributed by atoms with van der Waals surface area (Å²) < 4.78 is 1.04. The van der Waals surface area contributed by atoms with E-state index in [4.69, 9.17) is 0 Å². The smallest absolute Gasteiger partial charge is 0.241 e. The largest absolute Gasteiger partial charge is 0.309 e. The monoisotopic (exact) mass is 280 g/mol. The summed E-state index contributed by atoms with van der Waals surface area (Å²) in [5.74, 6) is 0.167. The summed E-state index contributed by atoms with van der Waals surface area (Å²) >= 11 is 3.40. The first kappa shape index (κ1) is 10.3. The van der Waals surface area contributed by atoms with Crippen LogP contribution in [-0.4, -0.2) is 24.5 Å². The Balaban J connectivity index is 1.86. The molecule has 1 saturated carbocycles. The van der Waals surface area contributed by atoms with Crippen LogP contribution in [0.3, 0.4) is 0 Å². The Bertz CT molecular complexity index is 425. The Kier molecular flexibility index (Phi) is 2.30. The molecule has 3 nitrogen and oxygen atoms in total. The predicted molar refractivity (Wildman–Crippen MR) is 66.5 cm³/mol. The maximum atomic E-state index is 11.8. The molecule has 2 aliphatic rings. The number of nitrogens with zero attached hydrogens (tertiary/aromatic N) is 1. The van der Waals surface area contributed by atoms with E-state index in [-0.39, 0.29) is 11.4 Å². The number of halogens is 1. The molecule has 0 bridgehead atoms. The van der Waals surface area contributed by atoms with Crippen molar-refractivity contribution in [3.63, 3.8) is 0 Å². The summed E-state index contributed by atoms with van der Waals surface area (Å²) in [5, 5.41) is 3.33. The van der Waals surface area contributed by atoms with Crippen LogP contribution in [0.4, 0.5) is 5.69 Å². The van der Waals surface area contributed by atoms with Crippen LogP contribution in [0.25, 0.3) is 0 Å². The van der Waals surface area contributed by atoms with Gasteiger partial charge in [-0.05, 0) is 37.1 Å². The molecule has 4 heteroatoms. The van der Waals surface area contributed by atoms with E-state index in [0.717, 1.165) is 16.7 Å². The molecule has 0 aromatic heterocycles. The van der Waals surface area contributed by atoms with Crippen molar-refractivity contribution in [1.82, 2.24) is 5.32 Å². The van der Waals surface area contributed by atoms with Gasteiger partial charge in [0.1, 0.15) is 0 Å². The van der Waals surface area contributed by atoms with Crippen LogP contribution in [0.1, 0.15) is 12.8 Å². The molecule has 0 radical (unpaired) electrons. The highest BCUT2D eigenvalue weighted by Crippen LogP contribution is 2.39. The fourth-order valence-electron chi connectivity index (χ4n) is 2.15. The van der Waals surface area contributed by atoms with Gasteiger partial charge in [0.2, 0.25) is 5.91 Å². The molecule has 1 spiro atoms. The van der Waals surface area contributed by atoms with Crippen molar-refractivity contribution in [2.75, 3.05) is 18.0 Å². The van der Waals surface area contributed by atoms with Gasteiger partial charge in [-0.2, -0.15) is 0 Å². The molecule has 2 fully saturated rings. The molecule has 1 saturated heterocycles. The van der Waals surface area contributed by atoms with Crippen molar-refractivity contribution < 1.29 is 4.79 Å². The van der Waals surface area contributed by atoms with Crippen molar-refractivity contribution >= 4 is 27.5 Å². The van der Waals surface area contributed by atoms with Crippen LogP contribution in [0.2, 0.25) is 0 Å². The minimum atomic E-state index is 0.167. The van der Waals surface area contributed by atoms with Gasteiger partial charge in [-0.25, -0.2) is 0 Å². The molecule has 3 rings (SSSR count). The number of hydrogen-bond donors (Lipinski definition) is 1. The molecule has 84 valence electrons. The Labute approximate surface area is 103 Å². The summed E-state index contributed by atoms with van der Waals surface area (Å²) in [6, 6.07) is 7.93. The highest BCUT2D eigenvalue weighted by atomic mass is 79.9. The molecular formula is C12H13BrN2O. The minimum Gasteiger partial charge on any atom is -0.309 e. The van der Waals surface area contributed by atoms with Gasteiger partial charge in [0.05, 0.1) is 6.54 Å². The van der Waals surface area contributed by atoms with Gasteiger partial charge < -0.3 is 10.2 Å². The van der Waals surface area contributed by atoms with E-state index in [1.165, 1.54) is 12.8 Å². The van der Waals surface area contributed by atoms with E-state index < -0.39 is 0 Å². The van der Waals surface area contributed by atoms with Crippen LogP contribution in [-0.2, 0) is 4.79 Å². The first-order valence-electron chi connectivity index (χ1n) is 5.50. The second-order valence-electron chi connectivity index (χ2n) is 4.59. The number of anilines is 1. The van der Waals surface area contributed by atoms with Crippen molar-refractivity contribution in [1.29, 1.82) is 0 Å². The van der Waals surface area contributed by atoms with Crippen molar-refractivity contribution in [3.05, 3.63) is 28.7 Å². The third kappa shape index (κ3) is 1.76. The lowest BCUT2D eigenvalue weighted by Crippen LogP contribution is -2.55. The summed E-state index contributed by atoms with van der Waals surface area (Å²) in [6.45, 7) is 1.28. The maximum Gasteiger partial charge on any atom is 0.241 e. The average Bonchev–Trinajstić information content (AvgIpc) is 3.04. The maximum absolute atomic E-state index is 11.8. The molecular weight excluding hydrogens is 268 g/mol. The van der Waals surface area contributed by atoms with Gasteiger partial charge in [0, 0.05) is 22.2 Å². The number of nitrogens with one attached hydrogen (secondary N) is 1. The van der Waals surface area contributed by atoms with Crippen LogP contribution in [0.5, 0.6) is 0 Å². The lowest BCUT2D eigenvalue weighted by Gasteiger charge is -2.33. The first-order chi connectivity index (χ1) is 7.69. The van der Waals surface area contributed by atoms with E-state index in [9.17, 15) is 4.79 Å². The fourth-order valence-corrected chi connectivity index (χ4v) is 2.41. The van der Waals surface area contributed by atoms with Crippen LogP contribution in [0.15, 0.2) is 28.7 Å². The third-order valence-electron chi connectivity index (χ3n) is 3.37. The van der Waals surface area contributed by atoms with Gasteiger partial charge in [0.15, 0.2) is 0 Å². The number of benzene rings is 1. The minimum absolute atomic E-state index is 0.167. The van der Waals surface area contributed by atoms with Gasteiger partial charge in [0.25, 0.3) is 0 Å². The molecule has 1 aromatic rings. The predicted octanol–water partition coefficient (Wildman–Crippen LogP) is 1.92. The van der Waals surface area contributed by atoms with E-state index >= 15 is 0 Å². The number of carbonyl (C=O) groups is 1. The second kappa shape index (κ2) is 3.57. The Morgan fingerprint density at radius 1 is 1.25 bits per heavy atom. The molecule has 1 aliphatic heterocycles. The zero-order chi connectivity index (χ0) is 11.2. The summed E-state index contributed by atoms with van der Waals surface area (Å²) in [4.78, 5) is 13.7. The normalized spacial score (nSPS) is 22.6. The number of carbonyl (C=O) groups excluding carboxylic acids is 1. The van der Waals surface area contributed by atoms with E-state index in [0.29, 0.717) is 6.54 Å². The van der Waals surface area contributed by atoms with E-state index in [2.05, 4.69) is 21.2 Å². The van der Waals surface area contributed by atoms with Crippen molar-refractivity contribution in [3.8, 4) is 0 Å². The Hall–Kier alpha value is -0.870.